The number of nitrogens with zero attached hydrogens (tertiary/aromatic N) is 3. The monoisotopic (exact) mass is 278 g/mol. The van der Waals surface area contributed by atoms with Gasteiger partial charge in [-0.05, 0) is 19.4 Å². The molecule has 0 radical (unpaired) electrons. The van der Waals surface area contributed by atoms with Crippen molar-refractivity contribution in [2.24, 2.45) is 0 Å². The van der Waals surface area contributed by atoms with Gasteiger partial charge >= 0.3 is 0 Å². The first-order chi connectivity index (χ1) is 9.15. The number of hydrogen-bond donors (Lipinski definition) is 1. The highest BCUT2D eigenvalue weighted by Gasteiger charge is 2.16. The molecule has 0 unspecified atom stereocenters. The summed E-state index contributed by atoms with van der Waals surface area (Å²) in [5.74, 6) is 1.42. The Bertz CT molecular complexity index is 604. The summed E-state index contributed by atoms with van der Waals surface area (Å²) in [6, 6.07) is 0. The van der Waals surface area contributed by atoms with Gasteiger partial charge in [0.1, 0.15) is 16.5 Å². The number of fused-ring (bicyclic) bond motifs is 1. The number of aryl methyl sites for hydroxylation is 2. The van der Waals surface area contributed by atoms with Gasteiger partial charge in [0.25, 0.3) is 0 Å². The molecule has 5 nitrogen and oxygen atoms in total. The Morgan fingerprint density at radius 2 is 2.00 bits per heavy atom. The van der Waals surface area contributed by atoms with E-state index in [4.69, 9.17) is 10.5 Å². The van der Waals surface area contributed by atoms with Crippen molar-refractivity contribution in [2.45, 2.75) is 20.4 Å². The van der Waals surface area contributed by atoms with Crippen molar-refractivity contribution in [3.63, 3.8) is 0 Å². The fourth-order valence-corrected chi connectivity index (χ4v) is 3.41. The lowest BCUT2D eigenvalue weighted by molar-refractivity contribution is 0.0331. The number of anilines is 1. The zero-order valence-corrected chi connectivity index (χ0v) is 12.1. The minimum Gasteiger partial charge on any atom is -0.383 e. The molecule has 1 aliphatic rings. The molecule has 6 heteroatoms. The molecule has 2 N–H and O–H groups in total. The standard InChI is InChI=1S/C13H18N4OS/c1-8-9(2)19-13-11(8)12(14)15-10(16-13)7-17-3-5-18-6-4-17/h3-7H2,1-2H3,(H2,14,15,16). The molecule has 3 rings (SSSR count). The number of nitrogens with two attached hydrogens (primary N) is 1. The summed E-state index contributed by atoms with van der Waals surface area (Å²) in [5, 5.41) is 1.02. The van der Waals surface area contributed by atoms with Crippen LogP contribution < -0.4 is 5.73 Å². The Hall–Kier alpha value is -1.24. The van der Waals surface area contributed by atoms with Gasteiger partial charge in [-0.15, -0.1) is 11.3 Å². The van der Waals surface area contributed by atoms with Crippen LogP contribution in [0.2, 0.25) is 0 Å². The van der Waals surface area contributed by atoms with Gasteiger partial charge in [0.05, 0.1) is 25.1 Å². The van der Waals surface area contributed by atoms with Crippen LogP contribution >= 0.6 is 11.3 Å². The minimum atomic E-state index is 0.607. The lowest BCUT2D eigenvalue weighted by Gasteiger charge is -2.25. The van der Waals surface area contributed by atoms with Crippen LogP contribution in [-0.2, 0) is 11.3 Å². The number of rotatable bonds is 2. The van der Waals surface area contributed by atoms with Gasteiger partial charge in [-0.2, -0.15) is 0 Å². The Morgan fingerprint density at radius 3 is 2.74 bits per heavy atom. The third kappa shape index (κ3) is 2.43. The molecule has 0 atom stereocenters. The summed E-state index contributed by atoms with van der Waals surface area (Å²) >= 11 is 1.69. The zero-order valence-electron chi connectivity index (χ0n) is 11.3. The number of hydrogen-bond acceptors (Lipinski definition) is 6. The van der Waals surface area contributed by atoms with Crippen LogP contribution in [0.3, 0.4) is 0 Å². The highest BCUT2D eigenvalue weighted by molar-refractivity contribution is 7.18. The van der Waals surface area contributed by atoms with E-state index in [1.807, 2.05) is 0 Å². The van der Waals surface area contributed by atoms with E-state index >= 15 is 0 Å². The maximum atomic E-state index is 6.09. The normalized spacial score (nSPS) is 17.2. The van der Waals surface area contributed by atoms with Crippen LogP contribution in [0, 0.1) is 13.8 Å². The topological polar surface area (TPSA) is 64.3 Å². The number of thiophene rings is 1. The fourth-order valence-electron chi connectivity index (χ4n) is 2.36. The molecule has 0 amide bonds. The summed E-state index contributed by atoms with van der Waals surface area (Å²) in [6.45, 7) is 8.37. The van der Waals surface area contributed by atoms with Gasteiger partial charge in [-0.25, -0.2) is 9.97 Å². The van der Waals surface area contributed by atoms with Crippen LogP contribution in [0.5, 0.6) is 0 Å². The van der Waals surface area contributed by atoms with Gasteiger partial charge in [0, 0.05) is 18.0 Å². The second kappa shape index (κ2) is 5.03. The summed E-state index contributed by atoms with van der Waals surface area (Å²) in [6.07, 6.45) is 0. The average Bonchev–Trinajstić information content (AvgIpc) is 2.66. The Balaban J connectivity index is 1.92. The van der Waals surface area contributed by atoms with Gasteiger partial charge in [0.2, 0.25) is 0 Å². The first-order valence-electron chi connectivity index (χ1n) is 6.47. The third-order valence-electron chi connectivity index (χ3n) is 3.57. The van der Waals surface area contributed by atoms with Crippen molar-refractivity contribution in [2.75, 3.05) is 32.0 Å². The Morgan fingerprint density at radius 1 is 1.26 bits per heavy atom. The van der Waals surface area contributed by atoms with E-state index in [-0.39, 0.29) is 0 Å². The van der Waals surface area contributed by atoms with Crippen LogP contribution in [0.15, 0.2) is 0 Å². The summed E-state index contributed by atoms with van der Waals surface area (Å²) in [7, 11) is 0. The fraction of sp³-hybridized carbons (Fsp3) is 0.538. The maximum absolute atomic E-state index is 6.09. The van der Waals surface area contributed by atoms with Crippen LogP contribution in [0.1, 0.15) is 16.3 Å². The van der Waals surface area contributed by atoms with Crippen molar-refractivity contribution in [3.8, 4) is 0 Å². The third-order valence-corrected chi connectivity index (χ3v) is 4.67. The lowest BCUT2D eigenvalue weighted by atomic mass is 10.2. The van der Waals surface area contributed by atoms with Gasteiger partial charge in [0.15, 0.2) is 0 Å². The molecule has 0 bridgehead atoms. The van der Waals surface area contributed by atoms with E-state index < -0.39 is 0 Å². The van der Waals surface area contributed by atoms with Gasteiger partial charge in [-0.1, -0.05) is 0 Å². The smallest absolute Gasteiger partial charge is 0.146 e. The number of aromatic nitrogens is 2. The van der Waals surface area contributed by atoms with E-state index in [1.165, 1.54) is 10.4 Å². The zero-order chi connectivity index (χ0) is 13.4. The van der Waals surface area contributed by atoms with Crippen LogP contribution in [-0.4, -0.2) is 41.2 Å². The largest absolute Gasteiger partial charge is 0.383 e. The molecule has 0 aromatic carbocycles. The predicted molar refractivity (Wildman–Crippen MR) is 77.4 cm³/mol. The van der Waals surface area contributed by atoms with E-state index in [0.717, 1.165) is 48.9 Å². The quantitative estimate of drug-likeness (QED) is 0.906. The second-order valence-corrected chi connectivity index (χ2v) is 6.08. The molecular weight excluding hydrogens is 260 g/mol. The number of ether oxygens (including phenoxy) is 1. The molecule has 2 aromatic rings. The van der Waals surface area contributed by atoms with E-state index in [9.17, 15) is 0 Å². The molecule has 1 fully saturated rings. The van der Waals surface area contributed by atoms with Gasteiger partial charge in [-0.3, -0.25) is 4.90 Å². The van der Waals surface area contributed by atoms with Gasteiger partial charge < -0.3 is 10.5 Å². The van der Waals surface area contributed by atoms with E-state index in [2.05, 4.69) is 28.7 Å². The Labute approximate surface area is 116 Å². The summed E-state index contributed by atoms with van der Waals surface area (Å²) < 4.78 is 5.35. The minimum absolute atomic E-state index is 0.607. The molecule has 102 valence electrons. The van der Waals surface area contributed by atoms with Crippen molar-refractivity contribution < 1.29 is 4.74 Å². The molecule has 1 aliphatic heterocycles. The maximum Gasteiger partial charge on any atom is 0.146 e. The van der Waals surface area contributed by atoms with E-state index in [0.29, 0.717) is 5.82 Å². The molecular formula is C13H18N4OS. The van der Waals surface area contributed by atoms with E-state index in [1.54, 1.807) is 11.3 Å². The molecule has 1 saturated heterocycles. The molecule has 0 saturated carbocycles. The first kappa shape index (κ1) is 12.8. The number of nitrogen functional groups attached to an aromatic ring is 1. The summed E-state index contributed by atoms with van der Waals surface area (Å²) in [5.41, 5.74) is 7.29. The number of morpholine rings is 1. The second-order valence-electron chi connectivity index (χ2n) is 4.88. The highest BCUT2D eigenvalue weighted by atomic mass is 32.1. The highest BCUT2D eigenvalue weighted by Crippen LogP contribution is 2.31. The molecule has 3 heterocycles. The van der Waals surface area contributed by atoms with Crippen molar-refractivity contribution in [3.05, 3.63) is 16.3 Å². The predicted octanol–water partition coefficient (Wildman–Crippen LogP) is 1.72. The SMILES string of the molecule is Cc1sc2nc(CN3CCOCC3)nc(N)c2c1C. The molecule has 19 heavy (non-hydrogen) atoms. The van der Waals surface area contributed by atoms with Crippen molar-refractivity contribution in [1.82, 2.24) is 14.9 Å². The van der Waals surface area contributed by atoms with Crippen LogP contribution in [0.4, 0.5) is 5.82 Å². The Kier molecular flexibility index (Phi) is 3.38. The average molecular weight is 278 g/mol. The van der Waals surface area contributed by atoms with Crippen LogP contribution in [0.25, 0.3) is 10.2 Å². The molecule has 2 aromatic heterocycles. The molecule has 0 aliphatic carbocycles. The summed E-state index contributed by atoms with van der Waals surface area (Å²) in [4.78, 5) is 13.7. The van der Waals surface area contributed by atoms with Crippen molar-refractivity contribution in [1.29, 1.82) is 0 Å². The van der Waals surface area contributed by atoms with Crippen molar-refractivity contribution >= 4 is 27.4 Å². The molecule has 0 spiro atoms. The first-order valence-corrected chi connectivity index (χ1v) is 7.29. The lowest BCUT2D eigenvalue weighted by Crippen LogP contribution is -2.36.